The highest BCUT2D eigenvalue weighted by Gasteiger charge is 2.15. The number of carbonyl (C=O) groups is 1. The van der Waals surface area contributed by atoms with Crippen LogP contribution >= 0.6 is 11.6 Å². The fourth-order valence-electron chi connectivity index (χ4n) is 2.42. The highest BCUT2D eigenvalue weighted by molar-refractivity contribution is 6.31. The number of nitrogens with one attached hydrogen (secondary N) is 1. The maximum atomic E-state index is 13.7. The summed E-state index contributed by atoms with van der Waals surface area (Å²) in [6.07, 6.45) is 2.83. The quantitative estimate of drug-likeness (QED) is 0.509. The van der Waals surface area contributed by atoms with Gasteiger partial charge in [0.25, 0.3) is 0 Å². The fourth-order valence-corrected chi connectivity index (χ4v) is 2.67. The molecule has 0 atom stereocenters. The van der Waals surface area contributed by atoms with E-state index >= 15 is 0 Å². The zero-order valence-electron chi connectivity index (χ0n) is 14.1. The van der Waals surface area contributed by atoms with Crippen LogP contribution in [0, 0.1) is 5.82 Å². The van der Waals surface area contributed by atoms with Gasteiger partial charge in [-0.05, 0) is 36.8 Å². The number of unbranched alkanes of at least 4 members (excludes halogenated alkanes) is 2. The molecule has 0 heterocycles. The molecule has 2 rings (SSSR count). The normalized spacial score (nSPS) is 10.6. The summed E-state index contributed by atoms with van der Waals surface area (Å²) in [5.74, 6) is -0.948. The van der Waals surface area contributed by atoms with Gasteiger partial charge in [0.15, 0.2) is 0 Å². The average molecular weight is 365 g/mol. The monoisotopic (exact) mass is 364 g/mol. The predicted octanol–water partition coefficient (Wildman–Crippen LogP) is 5.03. The molecule has 4 nitrogen and oxygen atoms in total. The first kappa shape index (κ1) is 19.2. The van der Waals surface area contributed by atoms with Crippen molar-refractivity contribution in [1.82, 2.24) is 0 Å². The summed E-state index contributed by atoms with van der Waals surface area (Å²) in [6.45, 7) is 2.63. The van der Waals surface area contributed by atoms with Crippen LogP contribution in [0.25, 0.3) is 0 Å². The Morgan fingerprint density at radius 2 is 2.04 bits per heavy atom. The van der Waals surface area contributed by atoms with Crippen molar-refractivity contribution >= 4 is 28.9 Å². The van der Waals surface area contributed by atoms with Gasteiger partial charge in [0.05, 0.1) is 17.9 Å². The van der Waals surface area contributed by atoms with Crippen LogP contribution in [0.3, 0.4) is 0 Å². The molecule has 2 aromatic carbocycles. The summed E-state index contributed by atoms with van der Waals surface area (Å²) in [4.78, 5) is 12.3. The summed E-state index contributed by atoms with van der Waals surface area (Å²) in [5.41, 5.74) is 7.63. The molecule has 0 fully saturated rings. The Balaban J connectivity index is 2.24. The Morgan fingerprint density at radius 3 is 2.76 bits per heavy atom. The average Bonchev–Trinajstić information content (AvgIpc) is 2.59. The molecule has 6 heteroatoms. The molecule has 0 aromatic heterocycles. The van der Waals surface area contributed by atoms with Gasteiger partial charge in [-0.25, -0.2) is 9.18 Å². The maximum absolute atomic E-state index is 13.7. The number of rotatable bonds is 8. The third-order valence-electron chi connectivity index (χ3n) is 3.77. The molecule has 0 aliphatic heterocycles. The lowest BCUT2D eigenvalue weighted by Gasteiger charge is -2.15. The van der Waals surface area contributed by atoms with E-state index in [2.05, 4.69) is 12.2 Å². The van der Waals surface area contributed by atoms with Gasteiger partial charge in [-0.3, -0.25) is 0 Å². The smallest absolute Gasteiger partial charge is 0.340 e. The molecule has 134 valence electrons. The van der Waals surface area contributed by atoms with E-state index in [1.54, 1.807) is 18.2 Å². The molecule has 0 spiro atoms. The number of benzene rings is 2. The topological polar surface area (TPSA) is 64.3 Å². The second kappa shape index (κ2) is 9.39. The van der Waals surface area contributed by atoms with Gasteiger partial charge in [-0.1, -0.05) is 37.4 Å². The van der Waals surface area contributed by atoms with Gasteiger partial charge in [-0.2, -0.15) is 0 Å². The molecule has 25 heavy (non-hydrogen) atoms. The van der Waals surface area contributed by atoms with Crippen molar-refractivity contribution in [3.63, 3.8) is 0 Å². The van der Waals surface area contributed by atoms with Crippen LogP contribution in [0.1, 0.15) is 42.1 Å². The molecule has 3 N–H and O–H groups in total. The first-order valence-corrected chi connectivity index (χ1v) is 8.65. The molecule has 0 aliphatic rings. The molecular weight excluding hydrogens is 343 g/mol. The van der Waals surface area contributed by atoms with Gasteiger partial charge in [0.1, 0.15) is 5.82 Å². The molecule has 0 saturated heterocycles. The second-order valence-corrected chi connectivity index (χ2v) is 6.04. The van der Waals surface area contributed by atoms with E-state index in [1.165, 1.54) is 18.2 Å². The molecule has 0 radical (unpaired) electrons. The molecule has 0 bridgehead atoms. The number of hydrogen-bond donors (Lipinski definition) is 2. The number of nitrogens with two attached hydrogens (primary N) is 1. The van der Waals surface area contributed by atoms with Crippen molar-refractivity contribution in [2.75, 3.05) is 11.9 Å². The predicted molar refractivity (Wildman–Crippen MR) is 98.8 cm³/mol. The zero-order chi connectivity index (χ0) is 18.2. The van der Waals surface area contributed by atoms with Crippen molar-refractivity contribution in [2.24, 2.45) is 5.73 Å². The summed E-state index contributed by atoms with van der Waals surface area (Å²) in [5, 5.41) is 3.56. The largest absolute Gasteiger partial charge is 0.462 e. The highest BCUT2D eigenvalue weighted by atomic mass is 35.5. The van der Waals surface area contributed by atoms with E-state index in [4.69, 9.17) is 22.1 Å². The van der Waals surface area contributed by atoms with Crippen LogP contribution in [-0.4, -0.2) is 12.6 Å². The molecule has 0 unspecified atom stereocenters. The van der Waals surface area contributed by atoms with Crippen LogP contribution in [0.4, 0.5) is 15.8 Å². The van der Waals surface area contributed by atoms with Crippen LogP contribution in [0.15, 0.2) is 36.4 Å². The van der Waals surface area contributed by atoms with Crippen molar-refractivity contribution in [3.8, 4) is 0 Å². The van der Waals surface area contributed by atoms with Crippen molar-refractivity contribution in [2.45, 2.75) is 32.7 Å². The number of hydrogen-bond acceptors (Lipinski definition) is 4. The minimum atomic E-state index is -0.491. The third kappa shape index (κ3) is 5.18. The fraction of sp³-hybridized carbons (Fsp3) is 0.316. The maximum Gasteiger partial charge on any atom is 0.340 e. The number of halogens is 2. The van der Waals surface area contributed by atoms with Gasteiger partial charge in [0.2, 0.25) is 0 Å². The van der Waals surface area contributed by atoms with Gasteiger partial charge < -0.3 is 15.8 Å². The summed E-state index contributed by atoms with van der Waals surface area (Å²) < 4.78 is 19.0. The summed E-state index contributed by atoms with van der Waals surface area (Å²) in [7, 11) is 0. The third-order valence-corrected chi connectivity index (χ3v) is 4.13. The number of esters is 1. The Morgan fingerprint density at radius 1 is 1.24 bits per heavy atom. The van der Waals surface area contributed by atoms with Gasteiger partial charge >= 0.3 is 5.97 Å². The van der Waals surface area contributed by atoms with E-state index in [-0.39, 0.29) is 12.1 Å². The van der Waals surface area contributed by atoms with Crippen LogP contribution in [-0.2, 0) is 11.3 Å². The van der Waals surface area contributed by atoms with Crippen molar-refractivity contribution < 1.29 is 13.9 Å². The van der Waals surface area contributed by atoms with Crippen LogP contribution in [0.2, 0.25) is 5.02 Å². The molecule has 0 aliphatic carbocycles. The van der Waals surface area contributed by atoms with Crippen molar-refractivity contribution in [3.05, 3.63) is 58.4 Å². The van der Waals surface area contributed by atoms with Crippen molar-refractivity contribution in [1.29, 1.82) is 0 Å². The van der Waals surface area contributed by atoms with Crippen LogP contribution < -0.4 is 11.1 Å². The molecule has 0 amide bonds. The van der Waals surface area contributed by atoms with Gasteiger partial charge in [-0.15, -0.1) is 0 Å². The minimum absolute atomic E-state index is 0.216. The Hall–Kier alpha value is -2.11. The standard InChI is InChI=1S/C19H22ClFN2O2/c1-2-3-4-10-25-19(24)14-9-8-13(21)11-18(14)23-17-7-5-6-16(20)15(17)12-22/h5-9,11,23H,2-4,10,12,22H2,1H3. The van der Waals surface area contributed by atoms with Gasteiger partial charge in [0, 0.05) is 22.8 Å². The second-order valence-electron chi connectivity index (χ2n) is 5.63. The van der Waals surface area contributed by atoms with E-state index < -0.39 is 11.8 Å². The summed E-state index contributed by atoms with van der Waals surface area (Å²) >= 11 is 6.14. The number of ether oxygens (including phenoxy) is 1. The Kier molecular flexibility index (Phi) is 7.22. The highest BCUT2D eigenvalue weighted by Crippen LogP contribution is 2.29. The van der Waals surface area contributed by atoms with E-state index in [0.29, 0.717) is 28.6 Å². The molecular formula is C19H22ClFN2O2. The lowest BCUT2D eigenvalue weighted by molar-refractivity contribution is 0.0499. The lowest BCUT2D eigenvalue weighted by Crippen LogP contribution is -2.10. The summed E-state index contributed by atoms with van der Waals surface area (Å²) in [6, 6.07) is 9.15. The Labute approximate surface area is 152 Å². The zero-order valence-corrected chi connectivity index (χ0v) is 14.9. The number of anilines is 2. The van der Waals surface area contributed by atoms with Crippen LogP contribution in [0.5, 0.6) is 0 Å². The van der Waals surface area contributed by atoms with E-state index in [0.717, 1.165) is 19.3 Å². The molecule has 2 aromatic rings. The van der Waals surface area contributed by atoms with E-state index in [1.807, 2.05) is 0 Å². The SMILES string of the molecule is CCCCCOC(=O)c1ccc(F)cc1Nc1cccc(Cl)c1CN. The first-order chi connectivity index (χ1) is 12.1. The van der Waals surface area contributed by atoms with E-state index in [9.17, 15) is 9.18 Å². The Bertz CT molecular complexity index is 737. The minimum Gasteiger partial charge on any atom is -0.462 e. The first-order valence-electron chi connectivity index (χ1n) is 8.28. The molecule has 0 saturated carbocycles. The number of carbonyl (C=O) groups excluding carboxylic acids is 1. The lowest BCUT2D eigenvalue weighted by atomic mass is 10.1.